The zero-order valence-electron chi connectivity index (χ0n) is 12.9. The third-order valence-electron chi connectivity index (χ3n) is 3.17. The van der Waals surface area contributed by atoms with E-state index in [9.17, 15) is 4.39 Å². The Labute approximate surface area is 125 Å². The maximum absolute atomic E-state index is 13.2. The molecule has 2 rings (SSSR count). The van der Waals surface area contributed by atoms with Gasteiger partial charge in [0.2, 0.25) is 0 Å². The van der Waals surface area contributed by atoms with Gasteiger partial charge in [0.05, 0.1) is 18.3 Å². The second kappa shape index (κ2) is 6.57. The van der Waals surface area contributed by atoms with Gasteiger partial charge in [-0.15, -0.1) is 0 Å². The van der Waals surface area contributed by atoms with Crippen LogP contribution in [0.15, 0.2) is 36.7 Å². The second-order valence-electron chi connectivity index (χ2n) is 5.45. The molecule has 4 heteroatoms. The van der Waals surface area contributed by atoms with E-state index >= 15 is 0 Å². The average Bonchev–Trinajstić information content (AvgIpc) is 2.41. The molecule has 0 fully saturated rings. The molecule has 112 valence electrons. The molecular weight excluding hydrogens is 267 g/mol. The van der Waals surface area contributed by atoms with Gasteiger partial charge in [0.1, 0.15) is 11.6 Å². The number of halogens is 1. The highest BCUT2D eigenvalue weighted by molar-refractivity contribution is 5.54. The molecule has 0 aliphatic rings. The molecule has 0 bridgehead atoms. The Balaban J connectivity index is 2.12. The quantitative estimate of drug-likeness (QED) is 0.880. The van der Waals surface area contributed by atoms with E-state index in [0.29, 0.717) is 0 Å². The Bertz CT molecular complexity index is 613. The molecule has 0 saturated carbocycles. The molecular formula is C17H21FN2O. The lowest BCUT2D eigenvalue weighted by Gasteiger charge is -2.18. The minimum absolute atomic E-state index is 0.0243. The Hall–Kier alpha value is -2.10. The summed E-state index contributed by atoms with van der Waals surface area (Å²) in [6, 6.07) is 7.39. The van der Waals surface area contributed by atoms with Crippen molar-refractivity contribution < 1.29 is 9.13 Å². The number of rotatable bonds is 5. The van der Waals surface area contributed by atoms with Crippen molar-refractivity contribution >= 4 is 5.69 Å². The van der Waals surface area contributed by atoms with Gasteiger partial charge in [-0.1, -0.05) is 0 Å². The molecule has 3 nitrogen and oxygen atoms in total. The van der Waals surface area contributed by atoms with E-state index in [2.05, 4.69) is 10.3 Å². The van der Waals surface area contributed by atoms with Crippen LogP contribution < -0.4 is 10.1 Å². The van der Waals surface area contributed by atoms with Crippen LogP contribution in [0.25, 0.3) is 0 Å². The van der Waals surface area contributed by atoms with Gasteiger partial charge in [-0.25, -0.2) is 4.39 Å². The highest BCUT2D eigenvalue weighted by atomic mass is 19.1. The molecule has 0 amide bonds. The van der Waals surface area contributed by atoms with Crippen molar-refractivity contribution in [2.75, 3.05) is 5.32 Å². The fraction of sp³-hybridized carbons (Fsp3) is 0.353. The van der Waals surface area contributed by atoms with Crippen LogP contribution in [0.1, 0.15) is 37.9 Å². The van der Waals surface area contributed by atoms with E-state index in [1.807, 2.05) is 45.9 Å². The van der Waals surface area contributed by atoms with Gasteiger partial charge >= 0.3 is 0 Å². The fourth-order valence-corrected chi connectivity index (χ4v) is 2.13. The normalized spacial score (nSPS) is 12.3. The summed E-state index contributed by atoms with van der Waals surface area (Å²) in [6.45, 7) is 8.00. The third-order valence-corrected chi connectivity index (χ3v) is 3.17. The van der Waals surface area contributed by atoms with Gasteiger partial charge in [0.15, 0.2) is 0 Å². The molecule has 1 N–H and O–H groups in total. The summed E-state index contributed by atoms with van der Waals surface area (Å²) < 4.78 is 18.9. The molecule has 1 atom stereocenters. The predicted octanol–water partition coefficient (Wildman–Crippen LogP) is 4.49. The Morgan fingerprint density at radius 2 is 1.90 bits per heavy atom. The van der Waals surface area contributed by atoms with E-state index in [4.69, 9.17) is 4.74 Å². The van der Waals surface area contributed by atoms with Gasteiger partial charge in [-0.2, -0.15) is 0 Å². The summed E-state index contributed by atoms with van der Waals surface area (Å²) in [5.41, 5.74) is 2.91. The van der Waals surface area contributed by atoms with Crippen LogP contribution in [0.5, 0.6) is 5.75 Å². The largest absolute Gasteiger partial charge is 0.491 e. The molecule has 0 aliphatic heterocycles. The number of hydrogen-bond donors (Lipinski definition) is 1. The molecule has 2 aromatic rings. The van der Waals surface area contributed by atoms with Crippen LogP contribution >= 0.6 is 0 Å². The summed E-state index contributed by atoms with van der Waals surface area (Å²) in [7, 11) is 0. The summed E-state index contributed by atoms with van der Waals surface area (Å²) in [5, 5.41) is 3.37. The highest BCUT2D eigenvalue weighted by Gasteiger charge is 2.09. The molecule has 1 aromatic heterocycles. The minimum Gasteiger partial charge on any atom is -0.491 e. The van der Waals surface area contributed by atoms with Crippen LogP contribution in [-0.4, -0.2) is 11.1 Å². The fourth-order valence-electron chi connectivity index (χ4n) is 2.13. The van der Waals surface area contributed by atoms with Crippen LogP contribution in [0.4, 0.5) is 10.1 Å². The third kappa shape index (κ3) is 4.18. The number of anilines is 1. The van der Waals surface area contributed by atoms with E-state index in [0.717, 1.165) is 22.6 Å². The number of pyridine rings is 1. The van der Waals surface area contributed by atoms with Crippen molar-refractivity contribution in [2.24, 2.45) is 0 Å². The second-order valence-corrected chi connectivity index (χ2v) is 5.45. The van der Waals surface area contributed by atoms with Crippen LogP contribution in [0.3, 0.4) is 0 Å². The molecule has 0 spiro atoms. The molecule has 0 aliphatic carbocycles. The number of aryl methyl sites for hydroxylation is 1. The van der Waals surface area contributed by atoms with Crippen LogP contribution in [0.2, 0.25) is 0 Å². The van der Waals surface area contributed by atoms with Gasteiger partial charge in [0, 0.05) is 11.9 Å². The lowest BCUT2D eigenvalue weighted by atomic mass is 10.1. The number of benzene rings is 1. The van der Waals surface area contributed by atoms with E-state index in [1.54, 1.807) is 6.20 Å². The summed E-state index contributed by atoms with van der Waals surface area (Å²) in [6.07, 6.45) is 3.03. The number of nitrogens with one attached hydrogen (secondary N) is 1. The summed E-state index contributed by atoms with van der Waals surface area (Å²) >= 11 is 0. The number of nitrogens with zero attached hydrogens (tertiary/aromatic N) is 1. The van der Waals surface area contributed by atoms with E-state index < -0.39 is 0 Å². The first-order chi connectivity index (χ1) is 9.95. The van der Waals surface area contributed by atoms with Crippen molar-refractivity contribution in [3.63, 3.8) is 0 Å². The highest BCUT2D eigenvalue weighted by Crippen LogP contribution is 2.26. The van der Waals surface area contributed by atoms with Gasteiger partial charge < -0.3 is 10.1 Å². The average molecular weight is 288 g/mol. The lowest BCUT2D eigenvalue weighted by Crippen LogP contribution is -2.09. The molecule has 21 heavy (non-hydrogen) atoms. The first kappa shape index (κ1) is 15.3. The van der Waals surface area contributed by atoms with Crippen molar-refractivity contribution in [3.8, 4) is 5.75 Å². The summed E-state index contributed by atoms with van der Waals surface area (Å²) in [4.78, 5) is 3.88. The van der Waals surface area contributed by atoms with E-state index in [1.165, 1.54) is 12.3 Å². The maximum Gasteiger partial charge on any atom is 0.141 e. The Kier molecular flexibility index (Phi) is 4.78. The Morgan fingerprint density at radius 3 is 2.52 bits per heavy atom. The Morgan fingerprint density at radius 1 is 1.14 bits per heavy atom. The first-order valence-corrected chi connectivity index (χ1v) is 7.10. The molecule has 0 saturated heterocycles. The van der Waals surface area contributed by atoms with Crippen molar-refractivity contribution in [1.82, 2.24) is 4.98 Å². The van der Waals surface area contributed by atoms with Gasteiger partial charge in [0.25, 0.3) is 0 Å². The van der Waals surface area contributed by atoms with Crippen molar-refractivity contribution in [1.29, 1.82) is 0 Å². The van der Waals surface area contributed by atoms with Crippen molar-refractivity contribution in [3.05, 3.63) is 53.6 Å². The minimum atomic E-state index is -0.321. The molecule has 1 unspecified atom stereocenters. The van der Waals surface area contributed by atoms with Gasteiger partial charge in [-0.3, -0.25) is 4.98 Å². The number of ether oxygens (including phenoxy) is 1. The van der Waals surface area contributed by atoms with E-state index in [-0.39, 0.29) is 18.0 Å². The first-order valence-electron chi connectivity index (χ1n) is 7.10. The molecule has 1 heterocycles. The van der Waals surface area contributed by atoms with Gasteiger partial charge in [-0.05, 0) is 63.1 Å². The lowest BCUT2D eigenvalue weighted by molar-refractivity contribution is 0.242. The summed E-state index contributed by atoms with van der Waals surface area (Å²) in [5.74, 6) is 0.534. The SMILES string of the molecule is Cc1cc(OC(C)C)ccc1NC(C)c1cncc(F)c1. The number of hydrogen-bond acceptors (Lipinski definition) is 3. The topological polar surface area (TPSA) is 34.1 Å². The predicted molar refractivity (Wildman–Crippen MR) is 83.2 cm³/mol. The standard InChI is InChI=1S/C17H21FN2O/c1-11(2)21-16-5-6-17(12(3)7-16)20-13(4)14-8-15(18)10-19-9-14/h5-11,13,20H,1-4H3. The zero-order valence-corrected chi connectivity index (χ0v) is 12.9. The monoisotopic (exact) mass is 288 g/mol. The van der Waals surface area contributed by atoms with Crippen molar-refractivity contribution in [2.45, 2.75) is 39.8 Å². The maximum atomic E-state index is 13.2. The smallest absolute Gasteiger partial charge is 0.141 e. The zero-order chi connectivity index (χ0) is 15.4. The van der Waals surface area contributed by atoms with Crippen LogP contribution in [-0.2, 0) is 0 Å². The van der Waals surface area contributed by atoms with Crippen LogP contribution in [0, 0.1) is 12.7 Å². The molecule has 0 radical (unpaired) electrons. The molecule has 1 aromatic carbocycles. The number of aromatic nitrogens is 1.